The Morgan fingerprint density at radius 2 is 1.38 bits per heavy atom. The molecule has 0 aliphatic heterocycles. The molecular formula is C10H25N3. The fraction of sp³-hybridized carbons (Fsp3) is 1.00. The molecule has 0 aromatic carbocycles. The van der Waals surface area contributed by atoms with E-state index in [1.807, 2.05) is 0 Å². The van der Waals surface area contributed by atoms with Crippen LogP contribution in [0.1, 0.15) is 45.4 Å². The summed E-state index contributed by atoms with van der Waals surface area (Å²) in [6, 6.07) is 0. The van der Waals surface area contributed by atoms with Crippen LogP contribution in [0.2, 0.25) is 0 Å². The Hall–Kier alpha value is -0.120. The maximum atomic E-state index is 6.27. The third-order valence-corrected chi connectivity index (χ3v) is 2.51. The van der Waals surface area contributed by atoms with Gasteiger partial charge in [0.2, 0.25) is 0 Å². The van der Waals surface area contributed by atoms with Gasteiger partial charge in [-0.2, -0.15) is 0 Å². The minimum Gasteiger partial charge on any atom is -0.330 e. The van der Waals surface area contributed by atoms with Gasteiger partial charge in [-0.3, -0.25) is 0 Å². The summed E-state index contributed by atoms with van der Waals surface area (Å²) in [4.78, 5) is 0. The van der Waals surface area contributed by atoms with Gasteiger partial charge >= 0.3 is 0 Å². The molecule has 0 amide bonds. The van der Waals surface area contributed by atoms with E-state index in [9.17, 15) is 0 Å². The van der Waals surface area contributed by atoms with Crippen LogP contribution in [0.4, 0.5) is 0 Å². The van der Waals surface area contributed by atoms with Crippen LogP contribution in [0, 0.1) is 0 Å². The Labute approximate surface area is 82.0 Å². The van der Waals surface area contributed by atoms with E-state index in [1.54, 1.807) is 0 Å². The first kappa shape index (κ1) is 12.9. The molecule has 0 rings (SSSR count). The summed E-state index contributed by atoms with van der Waals surface area (Å²) in [7, 11) is 0. The molecule has 80 valence electrons. The Balaban J connectivity index is 3.84. The second kappa shape index (κ2) is 7.30. The van der Waals surface area contributed by atoms with Crippen molar-refractivity contribution < 1.29 is 0 Å². The van der Waals surface area contributed by atoms with Crippen LogP contribution in [0.15, 0.2) is 0 Å². The molecule has 0 unspecified atom stereocenters. The summed E-state index contributed by atoms with van der Waals surface area (Å²) in [6.45, 7) is 3.66. The van der Waals surface area contributed by atoms with Crippen molar-refractivity contribution in [2.45, 2.75) is 51.0 Å². The van der Waals surface area contributed by atoms with E-state index in [1.165, 1.54) is 0 Å². The highest BCUT2D eigenvalue weighted by atomic mass is 14.7. The fourth-order valence-electron chi connectivity index (χ4n) is 1.78. The van der Waals surface area contributed by atoms with Crippen LogP contribution >= 0.6 is 0 Å². The molecule has 0 fully saturated rings. The van der Waals surface area contributed by atoms with E-state index < -0.39 is 0 Å². The summed E-state index contributed by atoms with van der Waals surface area (Å²) in [5, 5.41) is 0. The van der Waals surface area contributed by atoms with Gasteiger partial charge in [-0.25, -0.2) is 0 Å². The monoisotopic (exact) mass is 187 g/mol. The minimum absolute atomic E-state index is 0.00646. The Bertz CT molecular complexity index is 107. The van der Waals surface area contributed by atoms with Gasteiger partial charge < -0.3 is 17.2 Å². The summed E-state index contributed by atoms with van der Waals surface area (Å²) >= 11 is 0. The van der Waals surface area contributed by atoms with Crippen LogP contribution in [-0.4, -0.2) is 18.6 Å². The first-order chi connectivity index (χ1) is 6.18. The van der Waals surface area contributed by atoms with Crippen LogP contribution in [-0.2, 0) is 0 Å². The maximum absolute atomic E-state index is 6.27. The van der Waals surface area contributed by atoms with Gasteiger partial charge in [0, 0.05) is 5.54 Å². The third-order valence-electron chi connectivity index (χ3n) is 2.51. The van der Waals surface area contributed by atoms with E-state index in [0.717, 1.165) is 51.6 Å². The predicted molar refractivity (Wildman–Crippen MR) is 58.4 cm³/mol. The normalized spacial score (nSPS) is 12.0. The molecule has 0 saturated heterocycles. The Morgan fingerprint density at radius 1 is 0.923 bits per heavy atom. The van der Waals surface area contributed by atoms with Gasteiger partial charge in [-0.05, 0) is 45.2 Å². The number of nitrogens with two attached hydrogens (primary N) is 3. The number of rotatable bonds is 8. The lowest BCUT2D eigenvalue weighted by atomic mass is 9.85. The van der Waals surface area contributed by atoms with Gasteiger partial charge in [-0.15, -0.1) is 0 Å². The van der Waals surface area contributed by atoms with Gasteiger partial charge in [0.1, 0.15) is 0 Å². The Kier molecular flexibility index (Phi) is 7.23. The number of hydrogen-bond acceptors (Lipinski definition) is 3. The smallest absolute Gasteiger partial charge is 0.0155 e. The molecule has 0 radical (unpaired) electrons. The molecule has 0 aliphatic rings. The molecule has 3 heteroatoms. The zero-order valence-electron chi connectivity index (χ0n) is 8.89. The second-order valence-electron chi connectivity index (χ2n) is 3.90. The van der Waals surface area contributed by atoms with Crippen LogP contribution in [0.25, 0.3) is 0 Å². The average molecular weight is 187 g/mol. The van der Waals surface area contributed by atoms with Gasteiger partial charge in [0.05, 0.1) is 0 Å². The van der Waals surface area contributed by atoms with Gasteiger partial charge in [-0.1, -0.05) is 13.3 Å². The van der Waals surface area contributed by atoms with Crippen molar-refractivity contribution in [2.75, 3.05) is 13.1 Å². The fourth-order valence-corrected chi connectivity index (χ4v) is 1.78. The highest BCUT2D eigenvalue weighted by Gasteiger charge is 2.21. The topological polar surface area (TPSA) is 78.1 Å². The molecule has 0 aliphatic carbocycles. The SMILES string of the molecule is CCCC(N)(CCCN)CCCN. The van der Waals surface area contributed by atoms with Crippen molar-refractivity contribution in [3.8, 4) is 0 Å². The molecule has 0 aromatic rings. The quantitative estimate of drug-likeness (QED) is 0.529. The standard InChI is InChI=1S/C10H25N3/c1-2-5-10(13,6-3-8-11)7-4-9-12/h2-9,11-13H2,1H3. The lowest BCUT2D eigenvalue weighted by molar-refractivity contribution is 0.324. The molecule has 0 heterocycles. The summed E-state index contributed by atoms with van der Waals surface area (Å²) in [5.41, 5.74) is 17.2. The zero-order chi connectivity index (χ0) is 10.2. The van der Waals surface area contributed by atoms with Crippen LogP contribution < -0.4 is 17.2 Å². The zero-order valence-corrected chi connectivity index (χ0v) is 8.89. The van der Waals surface area contributed by atoms with Crippen molar-refractivity contribution in [3.63, 3.8) is 0 Å². The maximum Gasteiger partial charge on any atom is 0.0155 e. The lowest BCUT2D eigenvalue weighted by Gasteiger charge is -2.29. The van der Waals surface area contributed by atoms with Crippen molar-refractivity contribution in [3.05, 3.63) is 0 Å². The molecule has 0 atom stereocenters. The highest BCUT2D eigenvalue weighted by Crippen LogP contribution is 2.21. The van der Waals surface area contributed by atoms with E-state index in [4.69, 9.17) is 17.2 Å². The summed E-state index contributed by atoms with van der Waals surface area (Å²) < 4.78 is 0. The molecule has 0 bridgehead atoms. The predicted octanol–water partition coefficient (Wildman–Crippen LogP) is 0.962. The van der Waals surface area contributed by atoms with Crippen molar-refractivity contribution in [1.82, 2.24) is 0 Å². The highest BCUT2D eigenvalue weighted by molar-refractivity contribution is 4.83. The van der Waals surface area contributed by atoms with Gasteiger partial charge in [0.15, 0.2) is 0 Å². The molecule has 0 saturated carbocycles. The second-order valence-corrected chi connectivity index (χ2v) is 3.90. The molecular weight excluding hydrogens is 162 g/mol. The molecule has 6 N–H and O–H groups in total. The Morgan fingerprint density at radius 3 is 1.69 bits per heavy atom. The first-order valence-corrected chi connectivity index (χ1v) is 5.37. The number of hydrogen-bond donors (Lipinski definition) is 3. The average Bonchev–Trinajstić information content (AvgIpc) is 2.12. The van der Waals surface area contributed by atoms with E-state index >= 15 is 0 Å². The van der Waals surface area contributed by atoms with Crippen molar-refractivity contribution >= 4 is 0 Å². The lowest BCUT2D eigenvalue weighted by Crippen LogP contribution is -2.40. The minimum atomic E-state index is -0.00646. The molecule has 0 aromatic heterocycles. The van der Waals surface area contributed by atoms with Crippen LogP contribution in [0.3, 0.4) is 0 Å². The van der Waals surface area contributed by atoms with Crippen molar-refractivity contribution in [1.29, 1.82) is 0 Å². The third kappa shape index (κ3) is 6.02. The summed E-state index contributed by atoms with van der Waals surface area (Å²) in [5.74, 6) is 0. The van der Waals surface area contributed by atoms with Gasteiger partial charge in [0.25, 0.3) is 0 Å². The molecule has 13 heavy (non-hydrogen) atoms. The van der Waals surface area contributed by atoms with Crippen LogP contribution in [0.5, 0.6) is 0 Å². The summed E-state index contributed by atoms with van der Waals surface area (Å²) in [6.07, 6.45) is 6.37. The van der Waals surface area contributed by atoms with E-state index in [2.05, 4.69) is 6.92 Å². The van der Waals surface area contributed by atoms with Crippen molar-refractivity contribution in [2.24, 2.45) is 17.2 Å². The molecule has 0 spiro atoms. The van der Waals surface area contributed by atoms with E-state index in [0.29, 0.717) is 0 Å². The molecule has 3 nitrogen and oxygen atoms in total. The largest absolute Gasteiger partial charge is 0.330 e. The first-order valence-electron chi connectivity index (χ1n) is 5.37. The van der Waals surface area contributed by atoms with E-state index in [-0.39, 0.29) is 5.54 Å².